The summed E-state index contributed by atoms with van der Waals surface area (Å²) in [5.41, 5.74) is 0.743. The monoisotopic (exact) mass is 335 g/mol. The van der Waals surface area contributed by atoms with Crippen molar-refractivity contribution in [1.29, 1.82) is 0 Å². The first-order valence-electron chi connectivity index (χ1n) is 7.81. The number of aromatic nitrogens is 2. The van der Waals surface area contributed by atoms with Crippen LogP contribution in [0.5, 0.6) is 0 Å². The molecule has 1 amide bonds. The molecule has 2 N–H and O–H groups in total. The molecule has 0 spiro atoms. The first kappa shape index (κ1) is 16.4. The Balaban J connectivity index is 1.52. The summed E-state index contributed by atoms with van der Waals surface area (Å²) in [5, 5.41) is 6.36. The third-order valence-corrected chi connectivity index (χ3v) is 4.02. The van der Waals surface area contributed by atoms with E-state index in [0.717, 1.165) is 5.56 Å². The van der Waals surface area contributed by atoms with Crippen LogP contribution < -0.4 is 11.1 Å². The van der Waals surface area contributed by atoms with Gasteiger partial charge in [-0.2, -0.15) is 0 Å². The van der Waals surface area contributed by atoms with Crippen LogP contribution in [0.3, 0.4) is 0 Å². The van der Waals surface area contributed by atoms with Gasteiger partial charge in [0.2, 0.25) is 5.91 Å². The highest BCUT2D eigenvalue weighted by atomic mass is 19.1. The summed E-state index contributed by atoms with van der Waals surface area (Å²) in [4.78, 5) is 25.5. The van der Waals surface area contributed by atoms with Crippen molar-refractivity contribution in [2.24, 2.45) is 5.92 Å². The standard InChI is InChI=1S/C16H18FN3O4/c17-12-3-1-2-10(8-12)13-9-11(5-7-23-13)15(21)18-6-4-14-19-16(22)24-20-14/h1-3,8,11,13H,4-7,9H2,(H,18,21)(H,19,20,22)/t11-,13+/m1/s1. The average molecular weight is 335 g/mol. The van der Waals surface area contributed by atoms with Gasteiger partial charge in [0.25, 0.3) is 0 Å². The highest BCUT2D eigenvalue weighted by Gasteiger charge is 2.28. The van der Waals surface area contributed by atoms with Crippen molar-refractivity contribution in [2.75, 3.05) is 13.2 Å². The van der Waals surface area contributed by atoms with Crippen molar-refractivity contribution >= 4 is 5.91 Å². The maximum atomic E-state index is 13.3. The summed E-state index contributed by atoms with van der Waals surface area (Å²) in [6.45, 7) is 0.805. The van der Waals surface area contributed by atoms with Crippen LogP contribution in [0.2, 0.25) is 0 Å². The lowest BCUT2D eigenvalue weighted by atomic mass is 9.91. The van der Waals surface area contributed by atoms with Crippen LogP contribution in [0.25, 0.3) is 0 Å². The van der Waals surface area contributed by atoms with Gasteiger partial charge < -0.3 is 10.1 Å². The zero-order valence-electron chi connectivity index (χ0n) is 13.0. The van der Waals surface area contributed by atoms with Crippen molar-refractivity contribution in [1.82, 2.24) is 15.5 Å². The van der Waals surface area contributed by atoms with E-state index in [2.05, 4.69) is 20.0 Å². The van der Waals surface area contributed by atoms with E-state index in [1.807, 2.05) is 0 Å². The van der Waals surface area contributed by atoms with Crippen LogP contribution >= 0.6 is 0 Å². The third kappa shape index (κ3) is 4.08. The fourth-order valence-electron chi connectivity index (χ4n) is 2.79. The highest BCUT2D eigenvalue weighted by Crippen LogP contribution is 2.31. The first-order chi connectivity index (χ1) is 11.6. The molecule has 128 valence electrons. The summed E-state index contributed by atoms with van der Waals surface area (Å²) in [7, 11) is 0. The van der Waals surface area contributed by atoms with Crippen molar-refractivity contribution in [2.45, 2.75) is 25.4 Å². The number of nitrogens with one attached hydrogen (secondary N) is 2. The Morgan fingerprint density at radius 3 is 3.08 bits per heavy atom. The molecule has 0 radical (unpaired) electrons. The van der Waals surface area contributed by atoms with Crippen molar-refractivity contribution in [3.8, 4) is 0 Å². The zero-order chi connectivity index (χ0) is 16.9. The van der Waals surface area contributed by atoms with Gasteiger partial charge in [0.05, 0.1) is 6.10 Å². The molecule has 0 unspecified atom stereocenters. The van der Waals surface area contributed by atoms with Crippen LogP contribution in [-0.4, -0.2) is 29.2 Å². The SMILES string of the molecule is O=C(NCCc1noc(=O)[nH]1)[C@@H]1CCO[C@H](c2cccc(F)c2)C1. The predicted molar refractivity (Wildman–Crippen MR) is 81.7 cm³/mol. The van der Waals surface area contributed by atoms with Gasteiger partial charge in [0.1, 0.15) is 5.82 Å². The fraction of sp³-hybridized carbons (Fsp3) is 0.438. The normalized spacial score (nSPS) is 20.7. The van der Waals surface area contributed by atoms with E-state index < -0.39 is 5.76 Å². The Morgan fingerprint density at radius 1 is 1.46 bits per heavy atom. The number of hydrogen-bond donors (Lipinski definition) is 2. The van der Waals surface area contributed by atoms with E-state index in [1.54, 1.807) is 12.1 Å². The van der Waals surface area contributed by atoms with Crippen molar-refractivity contribution in [3.63, 3.8) is 0 Å². The smallest absolute Gasteiger partial charge is 0.373 e. The quantitative estimate of drug-likeness (QED) is 0.859. The second-order valence-electron chi connectivity index (χ2n) is 5.72. The highest BCUT2D eigenvalue weighted by molar-refractivity contribution is 5.78. The van der Waals surface area contributed by atoms with E-state index in [-0.39, 0.29) is 23.7 Å². The number of benzene rings is 1. The van der Waals surface area contributed by atoms with Gasteiger partial charge >= 0.3 is 5.76 Å². The van der Waals surface area contributed by atoms with E-state index >= 15 is 0 Å². The summed E-state index contributed by atoms with van der Waals surface area (Å²) >= 11 is 0. The molecule has 1 fully saturated rings. The number of H-pyrrole nitrogens is 1. The number of aromatic amines is 1. The minimum Gasteiger partial charge on any atom is -0.373 e. The molecule has 3 rings (SSSR count). The molecular formula is C16H18FN3O4. The summed E-state index contributed by atoms with van der Waals surface area (Å²) in [6.07, 6.45) is 1.24. The summed E-state index contributed by atoms with van der Waals surface area (Å²) in [5.74, 6) is -0.804. The molecule has 0 aliphatic carbocycles. The van der Waals surface area contributed by atoms with E-state index in [4.69, 9.17) is 4.74 Å². The number of nitrogens with zero attached hydrogens (tertiary/aromatic N) is 1. The van der Waals surface area contributed by atoms with Gasteiger partial charge in [-0.1, -0.05) is 17.3 Å². The molecule has 2 aromatic rings. The molecular weight excluding hydrogens is 317 g/mol. The topological polar surface area (TPSA) is 97.2 Å². The molecule has 8 heteroatoms. The van der Waals surface area contributed by atoms with Gasteiger partial charge in [-0.25, -0.2) is 9.18 Å². The Morgan fingerprint density at radius 2 is 2.33 bits per heavy atom. The van der Waals surface area contributed by atoms with Crippen LogP contribution in [-0.2, 0) is 16.0 Å². The molecule has 2 heterocycles. The second kappa shape index (κ2) is 7.39. The molecule has 1 aliphatic heterocycles. The largest absolute Gasteiger partial charge is 0.438 e. The number of carbonyl (C=O) groups is 1. The Hall–Kier alpha value is -2.48. The van der Waals surface area contributed by atoms with Crippen LogP contribution in [0, 0.1) is 11.7 Å². The minimum atomic E-state index is -0.612. The third-order valence-electron chi connectivity index (χ3n) is 4.02. The van der Waals surface area contributed by atoms with E-state index in [0.29, 0.717) is 38.2 Å². The van der Waals surface area contributed by atoms with Gasteiger partial charge in [0.15, 0.2) is 5.82 Å². The van der Waals surface area contributed by atoms with E-state index in [1.165, 1.54) is 12.1 Å². The molecule has 0 bridgehead atoms. The maximum absolute atomic E-state index is 13.3. The van der Waals surface area contributed by atoms with Gasteiger partial charge in [-0.15, -0.1) is 0 Å². The fourth-order valence-corrected chi connectivity index (χ4v) is 2.79. The number of carbonyl (C=O) groups excluding carboxylic acids is 1. The van der Waals surface area contributed by atoms with Crippen molar-refractivity contribution in [3.05, 3.63) is 52.0 Å². The molecule has 7 nitrogen and oxygen atoms in total. The molecule has 0 saturated carbocycles. The molecule has 1 aromatic heterocycles. The number of amides is 1. The number of hydrogen-bond acceptors (Lipinski definition) is 5. The van der Waals surface area contributed by atoms with Crippen LogP contribution in [0.15, 0.2) is 33.6 Å². The number of halogens is 1. The Bertz CT molecular complexity index is 758. The van der Waals surface area contributed by atoms with Gasteiger partial charge in [0, 0.05) is 25.5 Å². The maximum Gasteiger partial charge on any atom is 0.438 e. The van der Waals surface area contributed by atoms with Gasteiger partial charge in [-0.3, -0.25) is 14.3 Å². The number of rotatable bonds is 5. The van der Waals surface area contributed by atoms with Gasteiger partial charge in [-0.05, 0) is 30.5 Å². The molecule has 2 atom stereocenters. The first-order valence-corrected chi connectivity index (χ1v) is 7.81. The lowest BCUT2D eigenvalue weighted by Crippen LogP contribution is -2.36. The van der Waals surface area contributed by atoms with E-state index in [9.17, 15) is 14.0 Å². The molecule has 1 aliphatic rings. The summed E-state index contributed by atoms with van der Waals surface area (Å²) < 4.78 is 23.4. The lowest BCUT2D eigenvalue weighted by Gasteiger charge is -2.29. The Kier molecular flexibility index (Phi) is 5.05. The van der Waals surface area contributed by atoms with Crippen LogP contribution in [0.4, 0.5) is 4.39 Å². The molecule has 24 heavy (non-hydrogen) atoms. The average Bonchev–Trinajstić information content (AvgIpc) is 3.00. The molecule has 1 aromatic carbocycles. The molecule has 1 saturated heterocycles. The summed E-state index contributed by atoms with van der Waals surface area (Å²) in [6, 6.07) is 6.25. The zero-order valence-corrected chi connectivity index (χ0v) is 13.0. The second-order valence-corrected chi connectivity index (χ2v) is 5.72. The van der Waals surface area contributed by atoms with Crippen LogP contribution in [0.1, 0.15) is 30.3 Å². The lowest BCUT2D eigenvalue weighted by molar-refractivity contribution is -0.130. The minimum absolute atomic E-state index is 0.0782. The number of ether oxygens (including phenoxy) is 1. The predicted octanol–water partition coefficient (Wildman–Crippen LogP) is 1.33. The Labute approximate surface area is 137 Å². The van der Waals surface area contributed by atoms with Crippen molar-refractivity contribution < 1.29 is 18.4 Å².